The molecule has 2 N–H and O–H groups in total. The van der Waals surface area contributed by atoms with Crippen molar-refractivity contribution in [3.05, 3.63) is 35.4 Å². The Kier molecular flexibility index (Phi) is 9.58. The molecule has 39 heavy (non-hydrogen) atoms. The zero-order valence-electron chi connectivity index (χ0n) is 24.0. The summed E-state index contributed by atoms with van der Waals surface area (Å²) in [6, 6.07) is 4.43. The number of ether oxygens (including phenoxy) is 3. The Bertz CT molecular complexity index is 1140. The van der Waals surface area contributed by atoms with E-state index in [1.807, 2.05) is 13.8 Å². The predicted molar refractivity (Wildman–Crippen MR) is 143 cm³/mol. The van der Waals surface area contributed by atoms with Gasteiger partial charge in [0.15, 0.2) is 5.82 Å². The fraction of sp³-hybridized carbons (Fsp3) is 0.643. The molecule has 0 unspecified atom stereocenters. The maximum absolute atomic E-state index is 15.1. The Morgan fingerprint density at radius 2 is 1.85 bits per heavy atom. The monoisotopic (exact) mass is 548 g/mol. The fourth-order valence-electron chi connectivity index (χ4n) is 4.58. The Labute approximate surface area is 229 Å². The van der Waals surface area contributed by atoms with E-state index in [4.69, 9.17) is 24.5 Å². The summed E-state index contributed by atoms with van der Waals surface area (Å²) in [7, 11) is 1.07. The fourth-order valence-corrected chi connectivity index (χ4v) is 4.58. The largest absolute Gasteiger partial charge is 0.493 e. The minimum atomic E-state index is -2.45. The summed E-state index contributed by atoms with van der Waals surface area (Å²) in [5.74, 6) is -0.968. The normalized spacial score (nSPS) is 17.0. The minimum absolute atomic E-state index is 0.223. The molecule has 3 rings (SSSR count). The standard InChI is InChI=1S/C28H41FN4O6/c1-17(2)23-31-26(39-32-23)33-13-10-19(11-14-33)18(3)12-15-37-20-8-9-21(22(29)16-20)28(30,24(34)36-7)25(35)38-27(4,5)6/h8-9,16-19H,10-15,30H2,1-7H3/t18-,28+/m1/s1. The van der Waals surface area contributed by atoms with Gasteiger partial charge >= 0.3 is 18.0 Å². The maximum atomic E-state index is 15.1. The molecule has 1 saturated heterocycles. The number of carbonyl (C=O) groups excluding carboxylic acids is 2. The van der Waals surface area contributed by atoms with Crippen LogP contribution in [0.4, 0.5) is 10.4 Å². The van der Waals surface area contributed by atoms with Crippen molar-refractivity contribution in [1.29, 1.82) is 0 Å². The van der Waals surface area contributed by atoms with Gasteiger partial charge in [-0.05, 0) is 64.0 Å². The average Bonchev–Trinajstić information content (AvgIpc) is 3.38. The molecule has 1 aromatic heterocycles. The highest BCUT2D eigenvalue weighted by Crippen LogP contribution is 2.31. The second kappa shape index (κ2) is 12.3. The zero-order valence-corrected chi connectivity index (χ0v) is 24.0. The van der Waals surface area contributed by atoms with Gasteiger partial charge in [-0.15, -0.1) is 0 Å². The number of anilines is 1. The highest BCUT2D eigenvalue weighted by Gasteiger charge is 2.50. The van der Waals surface area contributed by atoms with Gasteiger partial charge in [0.2, 0.25) is 5.54 Å². The Hall–Kier alpha value is -3.21. The molecule has 2 atom stereocenters. The number of esters is 2. The third-order valence-electron chi connectivity index (χ3n) is 7.00. The second-order valence-corrected chi connectivity index (χ2v) is 11.5. The minimum Gasteiger partial charge on any atom is -0.493 e. The van der Waals surface area contributed by atoms with Gasteiger partial charge in [0.25, 0.3) is 0 Å². The van der Waals surface area contributed by atoms with Gasteiger partial charge in [0.1, 0.15) is 17.2 Å². The first kappa shape index (κ1) is 30.3. The molecule has 1 fully saturated rings. The van der Waals surface area contributed by atoms with Gasteiger partial charge < -0.3 is 29.4 Å². The molecule has 0 aliphatic carbocycles. The summed E-state index contributed by atoms with van der Waals surface area (Å²) < 4.78 is 36.3. The third-order valence-corrected chi connectivity index (χ3v) is 7.00. The number of hydrogen-bond acceptors (Lipinski definition) is 10. The van der Waals surface area contributed by atoms with Gasteiger partial charge in [-0.1, -0.05) is 25.9 Å². The van der Waals surface area contributed by atoms with Crippen LogP contribution in [-0.4, -0.2) is 54.5 Å². The molecule has 1 aromatic carbocycles. The number of carbonyl (C=O) groups is 2. The van der Waals surface area contributed by atoms with Crippen molar-refractivity contribution in [2.24, 2.45) is 17.6 Å². The van der Waals surface area contributed by atoms with Crippen LogP contribution in [0.25, 0.3) is 0 Å². The highest BCUT2D eigenvalue weighted by atomic mass is 19.1. The Morgan fingerprint density at radius 3 is 2.38 bits per heavy atom. The molecule has 11 heteroatoms. The number of hydrogen-bond donors (Lipinski definition) is 1. The van der Waals surface area contributed by atoms with Gasteiger partial charge in [-0.3, -0.25) is 0 Å². The molecule has 1 aliphatic rings. The molecule has 0 saturated carbocycles. The number of aromatic nitrogens is 2. The van der Waals surface area contributed by atoms with Gasteiger partial charge in [-0.2, -0.15) is 4.98 Å². The smallest absolute Gasteiger partial charge is 0.343 e. The lowest BCUT2D eigenvalue weighted by Crippen LogP contribution is -2.55. The molecular formula is C28H41FN4O6. The first-order chi connectivity index (χ1) is 18.3. The predicted octanol–water partition coefficient (Wildman–Crippen LogP) is 4.32. The third kappa shape index (κ3) is 7.26. The first-order valence-corrected chi connectivity index (χ1v) is 13.4. The van der Waals surface area contributed by atoms with Crippen molar-refractivity contribution in [3.63, 3.8) is 0 Å². The van der Waals surface area contributed by atoms with Crippen molar-refractivity contribution in [1.82, 2.24) is 10.1 Å². The van der Waals surface area contributed by atoms with Gasteiger partial charge in [0, 0.05) is 30.6 Å². The van der Waals surface area contributed by atoms with E-state index < -0.39 is 28.9 Å². The molecule has 0 radical (unpaired) electrons. The lowest BCUT2D eigenvalue weighted by Gasteiger charge is -2.33. The quantitative estimate of drug-likeness (QED) is 0.338. The van der Waals surface area contributed by atoms with Crippen molar-refractivity contribution >= 4 is 18.0 Å². The maximum Gasteiger partial charge on any atom is 0.343 e. The number of halogens is 1. The molecular weight excluding hydrogens is 507 g/mol. The first-order valence-electron chi connectivity index (χ1n) is 13.4. The molecule has 0 amide bonds. The summed E-state index contributed by atoms with van der Waals surface area (Å²) >= 11 is 0. The van der Waals surface area contributed by atoms with Gasteiger partial charge in [-0.25, -0.2) is 14.0 Å². The Morgan fingerprint density at radius 1 is 1.18 bits per heavy atom. The topological polar surface area (TPSA) is 130 Å². The molecule has 0 spiro atoms. The number of methoxy groups -OCH3 is 1. The van der Waals surface area contributed by atoms with Crippen LogP contribution in [0.15, 0.2) is 22.7 Å². The van der Waals surface area contributed by atoms with E-state index in [2.05, 4.69) is 22.0 Å². The van der Waals surface area contributed by atoms with Crippen LogP contribution in [0.2, 0.25) is 0 Å². The highest BCUT2D eigenvalue weighted by molar-refractivity contribution is 6.05. The number of benzene rings is 1. The van der Waals surface area contributed by atoms with Crippen LogP contribution < -0.4 is 15.4 Å². The van der Waals surface area contributed by atoms with Crippen LogP contribution in [0.1, 0.15) is 78.1 Å². The van der Waals surface area contributed by atoms with Gasteiger partial charge in [0.05, 0.1) is 13.7 Å². The number of rotatable bonds is 10. The van der Waals surface area contributed by atoms with E-state index in [-0.39, 0.29) is 17.2 Å². The molecule has 10 nitrogen and oxygen atoms in total. The van der Waals surface area contributed by atoms with Crippen LogP contribution in [-0.2, 0) is 24.6 Å². The van der Waals surface area contributed by atoms with E-state index in [0.717, 1.165) is 51.4 Å². The molecule has 0 bridgehead atoms. The van der Waals surface area contributed by atoms with Crippen molar-refractivity contribution < 1.29 is 32.7 Å². The zero-order chi connectivity index (χ0) is 29.0. The summed E-state index contributed by atoms with van der Waals surface area (Å²) in [5, 5.41) is 4.05. The molecule has 1 aliphatic heterocycles. The molecule has 216 valence electrons. The SMILES string of the molecule is COC(=O)[C@](N)(C(=O)OC(C)(C)C)c1ccc(OCC[C@@H](C)C2CCN(c3nc(C(C)C)no3)CC2)cc1F. The second-order valence-electron chi connectivity index (χ2n) is 11.5. The van der Waals surface area contributed by atoms with Crippen molar-refractivity contribution in [3.8, 4) is 5.75 Å². The lowest BCUT2D eigenvalue weighted by atomic mass is 9.84. The molecule has 2 heterocycles. The summed E-state index contributed by atoms with van der Waals surface area (Å²) in [5.41, 5.74) is 2.37. The summed E-state index contributed by atoms with van der Waals surface area (Å²) in [6.45, 7) is 13.2. The van der Waals surface area contributed by atoms with E-state index in [1.54, 1.807) is 20.8 Å². The summed E-state index contributed by atoms with van der Waals surface area (Å²) in [4.78, 5) is 31.9. The van der Waals surface area contributed by atoms with Crippen LogP contribution in [0.5, 0.6) is 5.75 Å². The van der Waals surface area contributed by atoms with Crippen molar-refractivity contribution in [2.45, 2.75) is 77.9 Å². The number of piperidine rings is 1. The van der Waals surface area contributed by atoms with Crippen LogP contribution in [0.3, 0.4) is 0 Å². The molecule has 2 aromatic rings. The average molecular weight is 549 g/mol. The van der Waals surface area contributed by atoms with Crippen LogP contribution in [0, 0.1) is 17.7 Å². The van der Waals surface area contributed by atoms with E-state index in [9.17, 15) is 9.59 Å². The lowest BCUT2D eigenvalue weighted by molar-refractivity contribution is -0.171. The summed E-state index contributed by atoms with van der Waals surface area (Å²) in [6.07, 6.45) is 2.79. The van der Waals surface area contributed by atoms with Crippen LogP contribution >= 0.6 is 0 Å². The van der Waals surface area contributed by atoms with E-state index >= 15 is 4.39 Å². The van der Waals surface area contributed by atoms with E-state index in [0.29, 0.717) is 24.5 Å². The van der Waals surface area contributed by atoms with E-state index in [1.165, 1.54) is 12.1 Å². The number of nitrogens with two attached hydrogens (primary N) is 1. The Balaban J connectivity index is 1.56. The van der Waals surface area contributed by atoms with Crippen molar-refractivity contribution in [2.75, 3.05) is 31.7 Å². The number of nitrogens with zero attached hydrogens (tertiary/aromatic N) is 3.